The third-order valence-corrected chi connectivity index (χ3v) is 4.14. The molecule has 2 aromatic heterocycles. The zero-order valence-corrected chi connectivity index (χ0v) is 14.0. The number of anilines is 1. The number of nitrogens with one attached hydrogen (secondary N) is 2. The van der Waals surface area contributed by atoms with Crippen molar-refractivity contribution in [2.24, 2.45) is 0 Å². The second-order valence-electron chi connectivity index (χ2n) is 6.05. The predicted octanol–water partition coefficient (Wildman–Crippen LogP) is 4.69. The van der Waals surface area contributed by atoms with E-state index in [4.69, 9.17) is 4.52 Å². The van der Waals surface area contributed by atoms with Crippen LogP contribution in [0.2, 0.25) is 0 Å². The SMILES string of the molecule is Cc1cc2cc(NC(=O)c3c(C)noc3-c3ccccc3)ccc2[nH]1. The van der Waals surface area contributed by atoms with Crippen LogP contribution in [0, 0.1) is 13.8 Å². The van der Waals surface area contributed by atoms with Crippen molar-refractivity contribution >= 4 is 22.5 Å². The summed E-state index contributed by atoms with van der Waals surface area (Å²) in [6.07, 6.45) is 0. The Morgan fingerprint density at radius 2 is 1.88 bits per heavy atom. The molecule has 0 saturated carbocycles. The first-order valence-electron chi connectivity index (χ1n) is 8.04. The summed E-state index contributed by atoms with van der Waals surface area (Å²) >= 11 is 0. The molecule has 0 fully saturated rings. The molecule has 4 rings (SSSR count). The fourth-order valence-corrected chi connectivity index (χ4v) is 2.97. The highest BCUT2D eigenvalue weighted by Gasteiger charge is 2.21. The maximum atomic E-state index is 12.8. The minimum Gasteiger partial charge on any atom is -0.359 e. The van der Waals surface area contributed by atoms with E-state index >= 15 is 0 Å². The van der Waals surface area contributed by atoms with Crippen molar-refractivity contribution in [2.75, 3.05) is 5.32 Å². The van der Waals surface area contributed by atoms with Crippen LogP contribution in [0.1, 0.15) is 21.7 Å². The number of aryl methyl sites for hydroxylation is 2. The van der Waals surface area contributed by atoms with Crippen molar-refractivity contribution in [2.45, 2.75) is 13.8 Å². The Balaban J connectivity index is 1.68. The molecule has 0 unspecified atom stereocenters. The van der Waals surface area contributed by atoms with Gasteiger partial charge in [-0.1, -0.05) is 35.5 Å². The van der Waals surface area contributed by atoms with Crippen LogP contribution in [-0.2, 0) is 0 Å². The van der Waals surface area contributed by atoms with Crippen LogP contribution in [0.5, 0.6) is 0 Å². The lowest BCUT2D eigenvalue weighted by atomic mass is 10.1. The second-order valence-corrected chi connectivity index (χ2v) is 6.05. The Labute approximate surface area is 144 Å². The van der Waals surface area contributed by atoms with Crippen LogP contribution in [0.4, 0.5) is 5.69 Å². The van der Waals surface area contributed by atoms with E-state index in [1.54, 1.807) is 6.92 Å². The van der Waals surface area contributed by atoms with Gasteiger partial charge in [0.1, 0.15) is 5.56 Å². The van der Waals surface area contributed by atoms with E-state index in [1.165, 1.54) is 0 Å². The number of benzene rings is 2. The summed E-state index contributed by atoms with van der Waals surface area (Å²) in [5, 5.41) is 7.97. The molecular formula is C20H17N3O2. The van der Waals surface area contributed by atoms with Crippen LogP contribution in [0.25, 0.3) is 22.2 Å². The summed E-state index contributed by atoms with van der Waals surface area (Å²) in [6.45, 7) is 3.77. The molecule has 4 aromatic rings. The van der Waals surface area contributed by atoms with Gasteiger partial charge in [-0.25, -0.2) is 0 Å². The van der Waals surface area contributed by atoms with Gasteiger partial charge in [-0.15, -0.1) is 0 Å². The molecule has 2 heterocycles. The van der Waals surface area contributed by atoms with Gasteiger partial charge in [0.05, 0.1) is 5.69 Å². The van der Waals surface area contributed by atoms with Crippen molar-refractivity contribution in [1.29, 1.82) is 0 Å². The number of hydrogen-bond donors (Lipinski definition) is 2. The number of hydrogen-bond acceptors (Lipinski definition) is 3. The minimum atomic E-state index is -0.232. The number of aromatic nitrogens is 2. The van der Waals surface area contributed by atoms with Crippen molar-refractivity contribution < 1.29 is 9.32 Å². The van der Waals surface area contributed by atoms with Gasteiger partial charge in [-0.05, 0) is 38.1 Å². The fourth-order valence-electron chi connectivity index (χ4n) is 2.97. The molecule has 0 radical (unpaired) electrons. The van der Waals surface area contributed by atoms with Crippen LogP contribution in [-0.4, -0.2) is 16.0 Å². The van der Waals surface area contributed by atoms with E-state index < -0.39 is 0 Å². The van der Waals surface area contributed by atoms with Crippen molar-refractivity contribution in [1.82, 2.24) is 10.1 Å². The topological polar surface area (TPSA) is 70.9 Å². The Morgan fingerprint density at radius 3 is 2.68 bits per heavy atom. The largest absolute Gasteiger partial charge is 0.359 e. The van der Waals surface area contributed by atoms with Crippen LogP contribution in [0.15, 0.2) is 59.1 Å². The lowest BCUT2D eigenvalue weighted by molar-refractivity contribution is 0.102. The summed E-state index contributed by atoms with van der Waals surface area (Å²) in [5.41, 5.74) is 4.70. The number of fused-ring (bicyclic) bond motifs is 1. The molecule has 5 heteroatoms. The van der Waals surface area contributed by atoms with E-state index in [0.29, 0.717) is 17.0 Å². The van der Waals surface area contributed by atoms with E-state index in [2.05, 4.69) is 15.5 Å². The first-order valence-corrected chi connectivity index (χ1v) is 8.04. The average Bonchev–Trinajstić information content (AvgIpc) is 3.17. The van der Waals surface area contributed by atoms with Gasteiger partial charge in [-0.2, -0.15) is 0 Å². The van der Waals surface area contributed by atoms with Gasteiger partial charge in [0.15, 0.2) is 5.76 Å². The second kappa shape index (κ2) is 5.94. The van der Waals surface area contributed by atoms with Gasteiger partial charge in [-0.3, -0.25) is 4.79 Å². The van der Waals surface area contributed by atoms with E-state index in [9.17, 15) is 4.79 Å². The third-order valence-electron chi connectivity index (χ3n) is 4.14. The molecule has 2 aromatic carbocycles. The van der Waals surface area contributed by atoms with E-state index in [0.717, 1.165) is 27.8 Å². The molecule has 5 nitrogen and oxygen atoms in total. The molecule has 124 valence electrons. The van der Waals surface area contributed by atoms with Crippen LogP contribution in [0.3, 0.4) is 0 Å². The maximum Gasteiger partial charge on any atom is 0.261 e. The molecule has 1 amide bonds. The highest BCUT2D eigenvalue weighted by Crippen LogP contribution is 2.27. The number of carbonyl (C=O) groups is 1. The molecular weight excluding hydrogens is 314 g/mol. The summed E-state index contributed by atoms with van der Waals surface area (Å²) < 4.78 is 5.40. The van der Waals surface area contributed by atoms with Crippen LogP contribution < -0.4 is 5.32 Å². The minimum absolute atomic E-state index is 0.232. The lowest BCUT2D eigenvalue weighted by Crippen LogP contribution is -2.13. The molecule has 0 bridgehead atoms. The molecule has 0 saturated heterocycles. The molecule has 0 atom stereocenters. The molecule has 0 aliphatic heterocycles. The zero-order chi connectivity index (χ0) is 17.4. The summed E-state index contributed by atoms with van der Waals surface area (Å²) in [7, 11) is 0. The van der Waals surface area contributed by atoms with Gasteiger partial charge in [0, 0.05) is 27.8 Å². The highest BCUT2D eigenvalue weighted by atomic mass is 16.5. The fraction of sp³-hybridized carbons (Fsp3) is 0.100. The lowest BCUT2D eigenvalue weighted by Gasteiger charge is -2.06. The first-order chi connectivity index (χ1) is 12.1. The smallest absolute Gasteiger partial charge is 0.261 e. The van der Waals surface area contributed by atoms with Gasteiger partial charge in [0.2, 0.25) is 0 Å². The monoisotopic (exact) mass is 331 g/mol. The quantitative estimate of drug-likeness (QED) is 0.572. The number of rotatable bonds is 3. The maximum absolute atomic E-state index is 12.8. The van der Waals surface area contributed by atoms with Crippen molar-refractivity contribution in [3.05, 3.63) is 71.5 Å². The number of aromatic amines is 1. The first kappa shape index (κ1) is 15.2. The summed E-state index contributed by atoms with van der Waals surface area (Å²) in [5.74, 6) is 0.248. The van der Waals surface area contributed by atoms with Gasteiger partial charge >= 0.3 is 0 Å². The predicted molar refractivity (Wildman–Crippen MR) is 97.7 cm³/mol. The number of H-pyrrole nitrogens is 1. The Morgan fingerprint density at radius 1 is 1.08 bits per heavy atom. The standard InChI is InChI=1S/C20H17N3O2/c1-12-10-15-11-16(8-9-17(15)21-12)22-20(24)18-13(2)23-25-19(18)14-6-4-3-5-7-14/h3-11,21H,1-2H3,(H,22,24). The molecule has 25 heavy (non-hydrogen) atoms. The molecule has 2 N–H and O–H groups in total. The van der Waals surface area contributed by atoms with Gasteiger partial charge in [0.25, 0.3) is 5.91 Å². The Bertz CT molecular complexity index is 1060. The number of carbonyl (C=O) groups excluding carboxylic acids is 1. The van der Waals surface area contributed by atoms with E-state index in [-0.39, 0.29) is 5.91 Å². The van der Waals surface area contributed by atoms with Crippen molar-refractivity contribution in [3.8, 4) is 11.3 Å². The highest BCUT2D eigenvalue weighted by molar-refractivity contribution is 6.09. The molecule has 0 aliphatic rings. The summed E-state index contributed by atoms with van der Waals surface area (Å²) in [6, 6.07) is 17.3. The summed E-state index contributed by atoms with van der Waals surface area (Å²) in [4.78, 5) is 16.1. The molecule has 0 spiro atoms. The Hall–Kier alpha value is -3.34. The van der Waals surface area contributed by atoms with E-state index in [1.807, 2.05) is 61.5 Å². The van der Waals surface area contributed by atoms with Crippen molar-refractivity contribution in [3.63, 3.8) is 0 Å². The number of amides is 1. The normalized spacial score (nSPS) is 11.0. The number of nitrogens with zero attached hydrogens (tertiary/aromatic N) is 1. The zero-order valence-electron chi connectivity index (χ0n) is 14.0. The Kier molecular flexibility index (Phi) is 3.61. The van der Waals surface area contributed by atoms with Crippen LogP contribution >= 0.6 is 0 Å². The third kappa shape index (κ3) is 2.80. The van der Waals surface area contributed by atoms with Gasteiger partial charge < -0.3 is 14.8 Å². The molecule has 0 aliphatic carbocycles. The average molecular weight is 331 g/mol.